The van der Waals surface area contributed by atoms with E-state index < -0.39 is 23.3 Å². The van der Waals surface area contributed by atoms with E-state index in [0.29, 0.717) is 57.1 Å². The van der Waals surface area contributed by atoms with Crippen molar-refractivity contribution in [2.75, 3.05) is 19.8 Å². The van der Waals surface area contributed by atoms with Gasteiger partial charge in [0.15, 0.2) is 5.78 Å². The summed E-state index contributed by atoms with van der Waals surface area (Å²) in [6.07, 6.45) is 16.0. The molecule has 5 rings (SSSR count). The Hall–Kier alpha value is -3.87. The molecule has 300 valence electrons. The highest BCUT2D eigenvalue weighted by molar-refractivity contribution is 5.97. The minimum absolute atomic E-state index is 0.00334. The molecule has 2 fully saturated rings. The van der Waals surface area contributed by atoms with E-state index in [1.54, 1.807) is 0 Å². The van der Waals surface area contributed by atoms with Crippen molar-refractivity contribution < 1.29 is 24.9 Å². The van der Waals surface area contributed by atoms with E-state index in [1.807, 2.05) is 56.3 Å². The Kier molecular flexibility index (Phi) is 15.9. The summed E-state index contributed by atoms with van der Waals surface area (Å²) in [4.78, 5) is 13.9. The van der Waals surface area contributed by atoms with Crippen molar-refractivity contribution in [2.24, 2.45) is 28.7 Å². The summed E-state index contributed by atoms with van der Waals surface area (Å²) in [7, 11) is 0. The second kappa shape index (κ2) is 20.5. The van der Waals surface area contributed by atoms with Crippen LogP contribution in [0.4, 0.5) is 0 Å². The number of rotatable bonds is 12. The maximum atomic E-state index is 13.9. The van der Waals surface area contributed by atoms with Gasteiger partial charge < -0.3 is 31.5 Å². The number of aryl methyl sites for hydroxylation is 1. The van der Waals surface area contributed by atoms with Crippen LogP contribution in [-0.2, 0) is 22.4 Å². The summed E-state index contributed by atoms with van der Waals surface area (Å²) in [6, 6.07) is 18.1. The minimum Gasteiger partial charge on any atom is -0.396 e. The quantitative estimate of drug-likeness (QED) is 0.0642. The summed E-state index contributed by atoms with van der Waals surface area (Å²) in [5.74, 6) is 6.01. The summed E-state index contributed by atoms with van der Waals surface area (Å²) in [5.41, 5.74) is 17.7. The molecule has 7 heteroatoms. The van der Waals surface area contributed by atoms with Crippen LogP contribution in [0.5, 0.6) is 0 Å². The van der Waals surface area contributed by atoms with Crippen LogP contribution in [0.25, 0.3) is 0 Å². The van der Waals surface area contributed by atoms with Crippen molar-refractivity contribution in [1.29, 1.82) is 0 Å². The van der Waals surface area contributed by atoms with E-state index in [1.165, 1.54) is 11.1 Å². The second-order valence-corrected chi connectivity index (χ2v) is 16.4. The van der Waals surface area contributed by atoms with Gasteiger partial charge in [-0.3, -0.25) is 4.79 Å². The number of carbonyl (C=O) groups is 1. The third-order valence-corrected chi connectivity index (χ3v) is 12.7. The fourth-order valence-corrected chi connectivity index (χ4v) is 9.48. The molecule has 3 aliphatic rings. The monoisotopic (exact) mass is 760 g/mol. The highest BCUT2D eigenvalue weighted by Crippen LogP contribution is 2.63. The predicted octanol–water partition coefficient (Wildman–Crippen LogP) is 7.91. The molecule has 0 amide bonds. The van der Waals surface area contributed by atoms with Crippen molar-refractivity contribution in [3.8, 4) is 11.8 Å². The zero-order chi connectivity index (χ0) is 40.1. The number of Topliss-reactive ketones (excluding diaryl/α,β-unsaturated/α-hetero) is 1. The Balaban J connectivity index is 1.35. The Morgan fingerprint density at radius 2 is 1.82 bits per heavy atom. The minimum atomic E-state index is -1.19. The second-order valence-electron chi connectivity index (χ2n) is 16.4. The number of hydrogen-bond donors (Lipinski definition) is 5. The van der Waals surface area contributed by atoms with Crippen molar-refractivity contribution in [3.63, 3.8) is 0 Å². The maximum absolute atomic E-state index is 13.9. The van der Waals surface area contributed by atoms with Gasteiger partial charge in [0.2, 0.25) is 0 Å². The number of nitrogens with two attached hydrogens (primary N) is 2. The van der Waals surface area contributed by atoms with Gasteiger partial charge in [-0.25, -0.2) is 0 Å². The first-order valence-electron chi connectivity index (χ1n) is 20.6. The molecule has 0 aromatic heterocycles. The molecule has 7 N–H and O–H groups in total. The van der Waals surface area contributed by atoms with Gasteiger partial charge in [0.25, 0.3) is 0 Å². The zero-order valence-electron chi connectivity index (χ0n) is 33.6. The summed E-state index contributed by atoms with van der Waals surface area (Å²) in [6.45, 7) is 8.62. The van der Waals surface area contributed by atoms with E-state index in [9.17, 15) is 20.1 Å². The number of ether oxygens (including phenoxy) is 1. The fraction of sp³-hybridized carbons (Fsp3) is 0.490. The topological polar surface area (TPSA) is 139 Å². The van der Waals surface area contributed by atoms with E-state index in [0.717, 1.165) is 60.0 Å². The predicted molar refractivity (Wildman–Crippen MR) is 226 cm³/mol. The molecule has 0 saturated heterocycles. The molecular formula is C49H64N2O5. The highest BCUT2D eigenvalue weighted by atomic mass is 16.5. The molecule has 0 bridgehead atoms. The van der Waals surface area contributed by atoms with Crippen LogP contribution in [0.15, 0.2) is 113 Å². The van der Waals surface area contributed by atoms with Crippen molar-refractivity contribution in [1.82, 2.24) is 0 Å². The molecule has 2 aromatic rings. The van der Waals surface area contributed by atoms with Crippen LogP contribution in [0, 0.1) is 29.1 Å². The highest BCUT2D eigenvalue weighted by Gasteiger charge is 2.64. The normalized spacial score (nSPS) is 29.6. The Morgan fingerprint density at radius 3 is 2.59 bits per heavy atom. The van der Waals surface area contributed by atoms with Crippen LogP contribution in [-0.4, -0.2) is 52.6 Å². The van der Waals surface area contributed by atoms with Gasteiger partial charge >= 0.3 is 0 Å². The smallest absolute Gasteiger partial charge is 0.162 e. The first-order chi connectivity index (χ1) is 27.0. The fourth-order valence-electron chi connectivity index (χ4n) is 9.48. The number of aliphatic hydroxyl groups excluding tert-OH is 2. The van der Waals surface area contributed by atoms with Crippen LogP contribution >= 0.6 is 0 Å². The average Bonchev–Trinajstić information content (AvgIpc) is 3.52. The van der Waals surface area contributed by atoms with Gasteiger partial charge in [0.05, 0.1) is 24.5 Å². The summed E-state index contributed by atoms with van der Waals surface area (Å²) < 4.78 is 6.18. The third kappa shape index (κ3) is 10.7. The van der Waals surface area contributed by atoms with Gasteiger partial charge in [0.1, 0.15) is 6.61 Å². The average molecular weight is 761 g/mol. The maximum Gasteiger partial charge on any atom is 0.162 e. The van der Waals surface area contributed by atoms with E-state index in [-0.39, 0.29) is 37.3 Å². The Labute approximate surface area is 335 Å². The first kappa shape index (κ1) is 43.3. The van der Waals surface area contributed by atoms with Crippen molar-refractivity contribution >= 4 is 5.78 Å². The number of benzene rings is 2. The number of hydrogen-bond acceptors (Lipinski definition) is 7. The summed E-state index contributed by atoms with van der Waals surface area (Å²) in [5, 5.41) is 34.9. The van der Waals surface area contributed by atoms with Crippen LogP contribution in [0.1, 0.15) is 107 Å². The van der Waals surface area contributed by atoms with Crippen LogP contribution in [0.3, 0.4) is 0 Å². The van der Waals surface area contributed by atoms with Gasteiger partial charge in [-0.15, -0.1) is 0 Å². The molecule has 0 unspecified atom stereocenters. The SMILES string of the molecule is C=C1/C=C/C=C(\[C@H]2CC[C@@]3([C@H](CCCO)/C(=C(\C)C(=O)Cc4cccc(C(N)N)c4)CC[C@@]3(C)O)[C@@H]2O)COCC#CC/C(CCCc2ccccc2)=C/CC1. The van der Waals surface area contributed by atoms with Crippen molar-refractivity contribution in [2.45, 2.75) is 115 Å². The molecular weight excluding hydrogens is 697 g/mol. The lowest BCUT2D eigenvalue weighted by molar-refractivity contribution is -0.167. The molecule has 7 nitrogen and oxygen atoms in total. The van der Waals surface area contributed by atoms with Gasteiger partial charge in [-0.2, -0.15) is 0 Å². The number of allylic oxidation sites excluding steroid dienone is 8. The van der Waals surface area contributed by atoms with E-state index >= 15 is 0 Å². The number of carbonyl (C=O) groups excluding carboxylic acids is 1. The lowest BCUT2D eigenvalue weighted by Crippen LogP contribution is -2.59. The lowest BCUT2D eigenvalue weighted by Gasteiger charge is -2.55. The molecule has 5 atom stereocenters. The molecule has 2 aromatic carbocycles. The van der Waals surface area contributed by atoms with Crippen LogP contribution in [0.2, 0.25) is 0 Å². The Morgan fingerprint density at radius 1 is 1.04 bits per heavy atom. The molecule has 1 heterocycles. The lowest BCUT2D eigenvalue weighted by atomic mass is 9.52. The van der Waals surface area contributed by atoms with Crippen molar-refractivity contribution in [3.05, 3.63) is 130 Å². The molecule has 1 spiro atoms. The molecule has 56 heavy (non-hydrogen) atoms. The van der Waals surface area contributed by atoms with E-state index in [4.69, 9.17) is 16.2 Å². The Bertz CT molecular complexity index is 1840. The van der Waals surface area contributed by atoms with Gasteiger partial charge in [0, 0.05) is 30.8 Å². The van der Waals surface area contributed by atoms with Crippen LogP contribution < -0.4 is 11.5 Å². The van der Waals surface area contributed by atoms with Gasteiger partial charge in [-0.1, -0.05) is 114 Å². The number of aliphatic hydroxyl groups is 3. The number of ketones is 1. The summed E-state index contributed by atoms with van der Waals surface area (Å²) >= 11 is 0. The molecule has 1 aliphatic heterocycles. The molecule has 2 saturated carbocycles. The molecule has 0 radical (unpaired) electrons. The van der Waals surface area contributed by atoms with Gasteiger partial charge in [-0.05, 0) is 118 Å². The zero-order valence-corrected chi connectivity index (χ0v) is 33.6. The standard InChI is InChI=1S/C49H64N2O5/c1-35-14-9-19-38(21-11-20-37-16-5-4-6-17-37)18-7-8-31-56-34-41(24-10-15-35)43-27-29-49(46(43)54)44(25-13-30-52)42(26-28-48(49,3)55)36(2)45(53)33-39-22-12-23-40(32-39)47(50)51/h4-6,10,12,15-17,19,22-24,32,43-44,46-47,52,54-55H,1,9,11,13-14,18,20-21,25-31,33-34,50-51H2,2-3H3/b15-10+,38-19-,41-24-,42-36+/t43-,44-,46-,48-,49-/m1/s1. The largest absolute Gasteiger partial charge is 0.396 e. The molecule has 2 aliphatic carbocycles. The van der Waals surface area contributed by atoms with E-state index in [2.05, 4.69) is 54.8 Å². The first-order valence-corrected chi connectivity index (χ1v) is 20.6. The third-order valence-electron chi connectivity index (χ3n) is 12.7.